The molecule has 0 fully saturated rings. The second-order valence-corrected chi connectivity index (χ2v) is 4.49. The van der Waals surface area contributed by atoms with Crippen molar-refractivity contribution >= 4 is 11.0 Å². The van der Waals surface area contributed by atoms with Gasteiger partial charge in [0.25, 0.3) is 5.56 Å². The van der Waals surface area contributed by atoms with Crippen LogP contribution in [0.15, 0.2) is 29.2 Å². The topological polar surface area (TPSA) is 82.0 Å². The molecule has 0 spiro atoms. The van der Waals surface area contributed by atoms with Crippen LogP contribution in [-0.2, 0) is 7.05 Å². The van der Waals surface area contributed by atoms with Crippen molar-refractivity contribution in [3.8, 4) is 22.9 Å². The van der Waals surface area contributed by atoms with Crippen LogP contribution in [-0.4, -0.2) is 34.0 Å². The highest BCUT2D eigenvalue weighted by molar-refractivity contribution is 5.75. The van der Waals surface area contributed by atoms with Crippen molar-refractivity contribution in [3.05, 3.63) is 34.7 Å². The Morgan fingerprint density at radius 1 is 1.19 bits per heavy atom. The summed E-state index contributed by atoms with van der Waals surface area (Å²) in [5.41, 5.74) is 1.49. The van der Waals surface area contributed by atoms with Gasteiger partial charge in [-0.1, -0.05) is 0 Å². The SMILES string of the molecule is COc1ccc(-c2nc3cnn(C)c3c(=O)[nH]2)cc1OC. The Morgan fingerprint density at radius 3 is 2.67 bits per heavy atom. The summed E-state index contributed by atoms with van der Waals surface area (Å²) in [7, 11) is 4.83. The molecule has 108 valence electrons. The normalized spacial score (nSPS) is 10.8. The van der Waals surface area contributed by atoms with Crippen molar-refractivity contribution in [1.82, 2.24) is 19.7 Å². The van der Waals surface area contributed by atoms with Gasteiger partial charge in [-0.3, -0.25) is 9.48 Å². The summed E-state index contributed by atoms with van der Waals surface area (Å²) < 4.78 is 12.0. The van der Waals surface area contributed by atoms with Crippen molar-refractivity contribution in [3.63, 3.8) is 0 Å². The van der Waals surface area contributed by atoms with Gasteiger partial charge >= 0.3 is 0 Å². The zero-order valence-electron chi connectivity index (χ0n) is 11.9. The maximum absolute atomic E-state index is 12.1. The highest BCUT2D eigenvalue weighted by Crippen LogP contribution is 2.30. The molecule has 1 N–H and O–H groups in total. The predicted molar refractivity (Wildman–Crippen MR) is 77.7 cm³/mol. The molecule has 0 aliphatic rings. The standard InChI is InChI=1S/C14H14N4O3/c1-18-12-9(7-15-18)16-13(17-14(12)19)8-4-5-10(20-2)11(6-8)21-3/h4-7H,1-3H3,(H,16,17,19). The molecule has 2 heterocycles. The number of aromatic amines is 1. The predicted octanol–water partition coefficient (Wildman–Crippen LogP) is 1.34. The molecule has 0 saturated heterocycles. The number of nitrogens with one attached hydrogen (secondary N) is 1. The summed E-state index contributed by atoms with van der Waals surface area (Å²) in [6, 6.07) is 5.34. The van der Waals surface area contributed by atoms with Crippen LogP contribution in [0.2, 0.25) is 0 Å². The van der Waals surface area contributed by atoms with Crippen LogP contribution in [0.3, 0.4) is 0 Å². The first-order chi connectivity index (χ1) is 10.1. The molecule has 0 saturated carbocycles. The van der Waals surface area contributed by atoms with Crippen molar-refractivity contribution in [2.45, 2.75) is 0 Å². The maximum Gasteiger partial charge on any atom is 0.277 e. The first-order valence-electron chi connectivity index (χ1n) is 6.28. The van der Waals surface area contributed by atoms with Gasteiger partial charge in [-0.15, -0.1) is 0 Å². The van der Waals surface area contributed by atoms with E-state index in [4.69, 9.17) is 9.47 Å². The number of ether oxygens (including phenoxy) is 2. The van der Waals surface area contributed by atoms with Crippen molar-refractivity contribution in [1.29, 1.82) is 0 Å². The maximum atomic E-state index is 12.1. The fourth-order valence-electron chi connectivity index (χ4n) is 2.21. The van der Waals surface area contributed by atoms with Crippen LogP contribution >= 0.6 is 0 Å². The molecule has 7 nitrogen and oxygen atoms in total. The molecule has 0 atom stereocenters. The van der Waals surface area contributed by atoms with Gasteiger partial charge in [0.15, 0.2) is 17.0 Å². The second-order valence-electron chi connectivity index (χ2n) is 4.49. The van der Waals surface area contributed by atoms with Crippen molar-refractivity contribution in [2.75, 3.05) is 14.2 Å². The van der Waals surface area contributed by atoms with Crippen LogP contribution in [0.4, 0.5) is 0 Å². The Kier molecular flexibility index (Phi) is 3.09. The lowest BCUT2D eigenvalue weighted by Gasteiger charge is -2.09. The molecular formula is C14H14N4O3. The third-order valence-corrected chi connectivity index (χ3v) is 3.26. The third kappa shape index (κ3) is 2.12. The Labute approximate surface area is 120 Å². The average Bonchev–Trinajstić information content (AvgIpc) is 2.88. The van der Waals surface area contributed by atoms with E-state index >= 15 is 0 Å². The number of nitrogens with zero attached hydrogens (tertiary/aromatic N) is 3. The fraction of sp³-hybridized carbons (Fsp3) is 0.214. The van der Waals surface area contributed by atoms with Gasteiger partial charge in [-0.2, -0.15) is 5.10 Å². The number of hydrogen-bond acceptors (Lipinski definition) is 5. The van der Waals surface area contributed by atoms with Crippen molar-refractivity contribution in [2.24, 2.45) is 7.05 Å². The first-order valence-corrected chi connectivity index (χ1v) is 6.28. The zero-order valence-corrected chi connectivity index (χ0v) is 11.9. The van der Waals surface area contributed by atoms with E-state index < -0.39 is 0 Å². The number of benzene rings is 1. The van der Waals surface area contributed by atoms with E-state index in [2.05, 4.69) is 15.1 Å². The lowest BCUT2D eigenvalue weighted by atomic mass is 10.2. The highest BCUT2D eigenvalue weighted by atomic mass is 16.5. The molecule has 7 heteroatoms. The molecule has 3 aromatic rings. The molecule has 0 amide bonds. The lowest BCUT2D eigenvalue weighted by Crippen LogP contribution is -2.12. The zero-order chi connectivity index (χ0) is 15.0. The molecular weight excluding hydrogens is 272 g/mol. The number of rotatable bonds is 3. The summed E-state index contributed by atoms with van der Waals surface area (Å²) >= 11 is 0. The van der Waals surface area contributed by atoms with Gasteiger partial charge in [-0.05, 0) is 18.2 Å². The number of H-pyrrole nitrogens is 1. The van der Waals surface area contributed by atoms with Gasteiger partial charge in [0.2, 0.25) is 0 Å². The Bertz CT molecular complexity index is 866. The number of fused-ring (bicyclic) bond motifs is 1. The van der Waals surface area contributed by atoms with Crippen LogP contribution in [0, 0.1) is 0 Å². The van der Waals surface area contributed by atoms with E-state index in [-0.39, 0.29) is 5.56 Å². The molecule has 0 bridgehead atoms. The van der Waals surface area contributed by atoms with E-state index in [1.165, 1.54) is 4.68 Å². The molecule has 0 aliphatic carbocycles. The largest absolute Gasteiger partial charge is 0.493 e. The number of aromatic nitrogens is 4. The quantitative estimate of drug-likeness (QED) is 0.785. The van der Waals surface area contributed by atoms with Gasteiger partial charge in [0.05, 0.1) is 20.4 Å². The smallest absolute Gasteiger partial charge is 0.277 e. The highest BCUT2D eigenvalue weighted by Gasteiger charge is 2.12. The van der Waals surface area contributed by atoms with Gasteiger partial charge in [0, 0.05) is 12.6 Å². The van der Waals surface area contributed by atoms with Crippen LogP contribution in [0.1, 0.15) is 0 Å². The molecule has 0 aliphatic heterocycles. The Morgan fingerprint density at radius 2 is 1.95 bits per heavy atom. The van der Waals surface area contributed by atoms with E-state index in [1.807, 2.05) is 6.07 Å². The number of aryl methyl sites for hydroxylation is 1. The molecule has 21 heavy (non-hydrogen) atoms. The van der Waals surface area contributed by atoms with Gasteiger partial charge in [0.1, 0.15) is 11.3 Å². The minimum absolute atomic E-state index is 0.232. The lowest BCUT2D eigenvalue weighted by molar-refractivity contribution is 0.355. The minimum Gasteiger partial charge on any atom is -0.493 e. The van der Waals surface area contributed by atoms with E-state index in [0.717, 1.165) is 5.56 Å². The van der Waals surface area contributed by atoms with Crippen LogP contribution in [0.25, 0.3) is 22.4 Å². The fourth-order valence-corrected chi connectivity index (χ4v) is 2.21. The summed E-state index contributed by atoms with van der Waals surface area (Å²) in [5, 5.41) is 4.04. The monoisotopic (exact) mass is 286 g/mol. The number of methoxy groups -OCH3 is 2. The molecule has 0 unspecified atom stereocenters. The van der Waals surface area contributed by atoms with E-state index in [1.54, 1.807) is 39.6 Å². The van der Waals surface area contributed by atoms with Crippen molar-refractivity contribution < 1.29 is 9.47 Å². The molecule has 3 rings (SSSR count). The minimum atomic E-state index is -0.232. The van der Waals surface area contributed by atoms with E-state index in [0.29, 0.717) is 28.4 Å². The first kappa shape index (κ1) is 13.2. The summed E-state index contributed by atoms with van der Waals surface area (Å²) in [5.74, 6) is 1.65. The molecule has 0 radical (unpaired) electrons. The van der Waals surface area contributed by atoms with Gasteiger partial charge < -0.3 is 14.5 Å². The van der Waals surface area contributed by atoms with Gasteiger partial charge in [-0.25, -0.2) is 4.98 Å². The summed E-state index contributed by atoms with van der Waals surface area (Å²) in [6.45, 7) is 0. The summed E-state index contributed by atoms with van der Waals surface area (Å²) in [6.07, 6.45) is 1.56. The van der Waals surface area contributed by atoms with Crippen LogP contribution in [0.5, 0.6) is 11.5 Å². The summed E-state index contributed by atoms with van der Waals surface area (Å²) in [4.78, 5) is 19.3. The molecule has 1 aromatic carbocycles. The number of hydrogen-bond donors (Lipinski definition) is 1. The third-order valence-electron chi connectivity index (χ3n) is 3.26. The molecule has 2 aromatic heterocycles. The second kappa shape index (κ2) is 4.93. The average molecular weight is 286 g/mol. The Hall–Kier alpha value is -2.83. The van der Waals surface area contributed by atoms with Crippen LogP contribution < -0.4 is 15.0 Å². The Balaban J connectivity index is 2.18. The van der Waals surface area contributed by atoms with E-state index in [9.17, 15) is 4.79 Å².